The summed E-state index contributed by atoms with van der Waals surface area (Å²) in [6, 6.07) is 0. The molecule has 0 atom stereocenters. The first-order valence-corrected chi connectivity index (χ1v) is 8.64. The fourth-order valence-corrected chi connectivity index (χ4v) is 2.35. The summed E-state index contributed by atoms with van der Waals surface area (Å²) in [6.45, 7) is 2.26. The monoisotopic (exact) mass is 289 g/mol. The maximum atomic E-state index is 10.3. The van der Waals surface area contributed by atoms with Crippen molar-refractivity contribution in [3.05, 3.63) is 12.2 Å². The maximum absolute atomic E-state index is 10.3. The quantitative estimate of drug-likeness (QED) is 0.224. The first kappa shape index (κ1) is 19.2. The third-order valence-corrected chi connectivity index (χ3v) is 3.65. The molecule has 0 rings (SSSR count). The van der Waals surface area contributed by atoms with Crippen LogP contribution in [0.15, 0.2) is 12.2 Å². The molecule has 0 bridgehead atoms. The number of carbonyl (C=O) groups is 1. The molecule has 0 radical (unpaired) electrons. The standard InChI is InChI=1S/C18H34O2/c1-2-3-4-5-6-7-8-9-10-11-12-13-14-15-16-17-18(19)20/h9-10H,2-8,11-17H2,1H3,(H,19,20)/b10-9-/i9+1,10+1,11+1,12+1,16+1,17+1,18+1. The van der Waals surface area contributed by atoms with Gasteiger partial charge in [-0.05, 0) is 32.1 Å². The predicted molar refractivity (Wildman–Crippen MR) is 87.1 cm³/mol. The maximum Gasteiger partial charge on any atom is 0.303 e. The Morgan fingerprint density at radius 2 is 1.20 bits per heavy atom. The lowest BCUT2D eigenvalue weighted by atomic mass is 10.1. The fourth-order valence-electron chi connectivity index (χ4n) is 2.35. The molecule has 0 spiro atoms. The molecule has 20 heavy (non-hydrogen) atoms. The van der Waals surface area contributed by atoms with Crippen LogP contribution in [0.5, 0.6) is 0 Å². The largest absolute Gasteiger partial charge is 0.481 e. The first-order valence-electron chi connectivity index (χ1n) is 8.64. The zero-order valence-corrected chi connectivity index (χ0v) is 13.4. The zero-order chi connectivity index (χ0) is 14.9. The molecule has 0 aromatic rings. The van der Waals surface area contributed by atoms with Crippen molar-refractivity contribution in [3.63, 3.8) is 0 Å². The Morgan fingerprint density at radius 3 is 1.70 bits per heavy atom. The molecule has 118 valence electrons. The summed E-state index contributed by atoms with van der Waals surface area (Å²) in [6.07, 6.45) is 21.2. The number of aliphatic carboxylic acids is 1. The number of carboxylic acid groups (broad SMARTS) is 1. The Morgan fingerprint density at radius 1 is 0.750 bits per heavy atom. The van der Waals surface area contributed by atoms with Gasteiger partial charge in [-0.15, -0.1) is 0 Å². The van der Waals surface area contributed by atoms with Gasteiger partial charge < -0.3 is 5.11 Å². The lowest BCUT2D eigenvalue weighted by Gasteiger charge is -1.99. The van der Waals surface area contributed by atoms with Gasteiger partial charge in [-0.1, -0.05) is 70.4 Å². The van der Waals surface area contributed by atoms with E-state index in [-0.39, 0.29) is 0 Å². The van der Waals surface area contributed by atoms with Crippen molar-refractivity contribution in [1.82, 2.24) is 0 Å². The highest BCUT2D eigenvalue weighted by atomic mass is 16.5. The van der Waals surface area contributed by atoms with Gasteiger partial charge in [0, 0.05) is 6.42 Å². The van der Waals surface area contributed by atoms with Crippen LogP contribution in [0.3, 0.4) is 0 Å². The average molecular weight is 289 g/mol. The molecule has 0 saturated carbocycles. The third kappa shape index (κ3) is 17.2. The smallest absolute Gasteiger partial charge is 0.303 e. The molecule has 2 heteroatoms. The van der Waals surface area contributed by atoms with Crippen molar-refractivity contribution in [2.45, 2.75) is 96.8 Å². The van der Waals surface area contributed by atoms with E-state index in [9.17, 15) is 4.79 Å². The lowest BCUT2D eigenvalue weighted by molar-refractivity contribution is -0.137. The first-order chi connectivity index (χ1) is 9.77. The zero-order valence-electron chi connectivity index (χ0n) is 13.4. The van der Waals surface area contributed by atoms with Gasteiger partial charge in [-0.2, -0.15) is 0 Å². The average Bonchev–Trinajstić information content (AvgIpc) is 2.43. The van der Waals surface area contributed by atoms with Gasteiger partial charge in [-0.25, -0.2) is 0 Å². The van der Waals surface area contributed by atoms with Crippen LogP contribution in [0.4, 0.5) is 0 Å². The molecular formula is C18H34O2. The Hall–Kier alpha value is -0.790. The van der Waals surface area contributed by atoms with E-state index in [2.05, 4.69) is 19.1 Å². The topological polar surface area (TPSA) is 37.3 Å². The van der Waals surface area contributed by atoms with Crippen LogP contribution < -0.4 is 0 Å². The molecule has 0 aromatic heterocycles. The van der Waals surface area contributed by atoms with Crippen molar-refractivity contribution in [3.8, 4) is 0 Å². The number of hydrogen-bond donors (Lipinski definition) is 1. The van der Waals surface area contributed by atoms with Crippen molar-refractivity contribution < 1.29 is 9.90 Å². The van der Waals surface area contributed by atoms with E-state index >= 15 is 0 Å². The van der Waals surface area contributed by atoms with Crippen molar-refractivity contribution in [2.24, 2.45) is 0 Å². The molecule has 0 aliphatic carbocycles. The van der Waals surface area contributed by atoms with Gasteiger partial charge in [-0.3, -0.25) is 4.79 Å². The molecule has 0 aliphatic heterocycles. The normalized spacial score (nSPS) is 11.2. The highest BCUT2D eigenvalue weighted by molar-refractivity contribution is 5.66. The van der Waals surface area contributed by atoms with Crippen LogP contribution in [0.25, 0.3) is 0 Å². The highest BCUT2D eigenvalue weighted by Crippen LogP contribution is 2.09. The van der Waals surface area contributed by atoms with Crippen LogP contribution in [0.1, 0.15) is 96.8 Å². The number of carboxylic acids is 1. The second kappa shape index (κ2) is 16.3. The Balaban J connectivity index is 3.07. The predicted octanol–water partition coefficient (Wildman–Crippen LogP) is 6.11. The van der Waals surface area contributed by atoms with Crippen molar-refractivity contribution in [1.29, 1.82) is 0 Å². The highest BCUT2D eigenvalue weighted by Gasteiger charge is 1.95. The molecule has 0 unspecified atom stereocenters. The van der Waals surface area contributed by atoms with Crippen molar-refractivity contribution in [2.75, 3.05) is 0 Å². The van der Waals surface area contributed by atoms with Crippen LogP contribution in [0, 0.1) is 0 Å². The molecule has 0 heterocycles. The number of rotatable bonds is 15. The molecule has 0 aromatic carbocycles. The summed E-state index contributed by atoms with van der Waals surface area (Å²) in [5.41, 5.74) is 0. The van der Waals surface area contributed by atoms with E-state index < -0.39 is 5.97 Å². The molecule has 0 aliphatic rings. The van der Waals surface area contributed by atoms with E-state index in [4.69, 9.17) is 5.11 Å². The Labute approximate surface area is 125 Å². The van der Waals surface area contributed by atoms with Crippen LogP contribution in [-0.4, -0.2) is 11.1 Å². The van der Waals surface area contributed by atoms with Gasteiger partial charge in [0.15, 0.2) is 0 Å². The van der Waals surface area contributed by atoms with Gasteiger partial charge in [0.1, 0.15) is 0 Å². The number of allylic oxidation sites excluding steroid dienone is 2. The van der Waals surface area contributed by atoms with Gasteiger partial charge >= 0.3 is 5.97 Å². The van der Waals surface area contributed by atoms with Crippen LogP contribution in [0.2, 0.25) is 0 Å². The minimum absolute atomic E-state index is 0.332. The second-order valence-corrected chi connectivity index (χ2v) is 5.73. The molecule has 0 fully saturated rings. The molecule has 0 saturated heterocycles. The van der Waals surface area contributed by atoms with E-state index in [0.29, 0.717) is 6.42 Å². The Kier molecular flexibility index (Phi) is 15.6. The van der Waals surface area contributed by atoms with Gasteiger partial charge in [0.25, 0.3) is 0 Å². The summed E-state index contributed by atoms with van der Waals surface area (Å²) in [5.74, 6) is -0.664. The summed E-state index contributed by atoms with van der Waals surface area (Å²) >= 11 is 0. The van der Waals surface area contributed by atoms with Gasteiger partial charge in [0.2, 0.25) is 0 Å². The van der Waals surface area contributed by atoms with E-state index in [1.807, 2.05) is 0 Å². The molecular weight excluding hydrogens is 255 g/mol. The second-order valence-electron chi connectivity index (χ2n) is 5.73. The minimum Gasteiger partial charge on any atom is -0.481 e. The summed E-state index contributed by atoms with van der Waals surface area (Å²) < 4.78 is 0. The number of hydrogen-bond acceptors (Lipinski definition) is 1. The summed E-state index contributed by atoms with van der Waals surface area (Å²) in [4.78, 5) is 10.3. The fraction of sp³-hybridized carbons (Fsp3) is 0.833. The molecule has 1 N–H and O–H groups in total. The van der Waals surface area contributed by atoms with E-state index in [0.717, 1.165) is 12.8 Å². The Bertz CT molecular complexity index is 234. The lowest BCUT2D eigenvalue weighted by Crippen LogP contribution is -1.93. The van der Waals surface area contributed by atoms with Crippen molar-refractivity contribution >= 4 is 5.97 Å². The summed E-state index contributed by atoms with van der Waals surface area (Å²) in [7, 11) is 0. The summed E-state index contributed by atoms with van der Waals surface area (Å²) in [5, 5.41) is 8.51. The van der Waals surface area contributed by atoms with Gasteiger partial charge in [0.05, 0.1) is 0 Å². The van der Waals surface area contributed by atoms with Crippen LogP contribution >= 0.6 is 0 Å². The third-order valence-electron chi connectivity index (χ3n) is 3.65. The molecule has 2 nitrogen and oxygen atoms in total. The molecule has 0 amide bonds. The number of unbranched alkanes of at least 4 members (excludes halogenated alkanes) is 11. The van der Waals surface area contributed by atoms with Crippen LogP contribution in [-0.2, 0) is 4.79 Å². The van der Waals surface area contributed by atoms with E-state index in [1.165, 1.54) is 70.6 Å². The minimum atomic E-state index is -0.664. The van der Waals surface area contributed by atoms with E-state index in [1.54, 1.807) is 0 Å². The SMILES string of the molecule is CCCCCCCC/[13CH]=[13CH]\[13CH2][13CH2]CCC[13CH2][13CH2][13C](=O)O.